The molecule has 1 amide bonds. The highest BCUT2D eigenvalue weighted by Gasteiger charge is 2.29. The largest absolute Gasteiger partial charge is 0.341 e. The lowest BCUT2D eigenvalue weighted by Gasteiger charge is -2.37. The van der Waals surface area contributed by atoms with Gasteiger partial charge in [-0.05, 0) is 26.7 Å². The summed E-state index contributed by atoms with van der Waals surface area (Å²) in [6, 6.07) is 0.0394. The van der Waals surface area contributed by atoms with Crippen LogP contribution in [-0.2, 0) is 4.79 Å². The first-order valence-electron chi connectivity index (χ1n) is 7.37. The smallest absolute Gasteiger partial charge is 0.239 e. The summed E-state index contributed by atoms with van der Waals surface area (Å²) in [7, 11) is 0. The van der Waals surface area contributed by atoms with Gasteiger partial charge in [0.05, 0.1) is 12.6 Å². The predicted molar refractivity (Wildman–Crippen MR) is 76.7 cm³/mol. The van der Waals surface area contributed by atoms with Crippen LogP contribution in [0.3, 0.4) is 0 Å². The Bertz CT molecular complexity index is 357. The monoisotopic (exact) mass is 263 g/mol. The molecule has 2 fully saturated rings. The van der Waals surface area contributed by atoms with Crippen molar-refractivity contribution in [3.8, 4) is 11.8 Å². The highest BCUT2D eigenvalue weighted by molar-refractivity contribution is 5.81. The number of likely N-dealkylation sites (tertiary alicyclic amines) is 1. The molecule has 0 N–H and O–H groups in total. The van der Waals surface area contributed by atoms with E-state index in [1.54, 1.807) is 0 Å². The molecule has 2 aliphatic rings. The molecule has 2 aliphatic heterocycles. The fourth-order valence-electron chi connectivity index (χ4n) is 2.86. The summed E-state index contributed by atoms with van der Waals surface area (Å²) < 4.78 is 0. The van der Waals surface area contributed by atoms with Crippen LogP contribution in [0.15, 0.2) is 0 Å². The molecule has 19 heavy (non-hydrogen) atoms. The zero-order valence-corrected chi connectivity index (χ0v) is 12.2. The van der Waals surface area contributed by atoms with E-state index in [0.717, 1.165) is 45.8 Å². The van der Waals surface area contributed by atoms with E-state index in [4.69, 9.17) is 0 Å². The maximum atomic E-state index is 12.3. The SMILES string of the molecule is CC#CCN1CCN([C@H](C)C(=O)N2CCCC2)CC1. The van der Waals surface area contributed by atoms with E-state index < -0.39 is 0 Å². The van der Waals surface area contributed by atoms with Crippen LogP contribution in [0.2, 0.25) is 0 Å². The van der Waals surface area contributed by atoms with Gasteiger partial charge in [0.2, 0.25) is 5.91 Å². The molecule has 2 saturated heterocycles. The Morgan fingerprint density at radius 2 is 1.74 bits per heavy atom. The average Bonchev–Trinajstić information content (AvgIpc) is 2.98. The van der Waals surface area contributed by atoms with Crippen LogP contribution < -0.4 is 0 Å². The van der Waals surface area contributed by atoms with Gasteiger partial charge in [-0.15, -0.1) is 5.92 Å². The summed E-state index contributed by atoms with van der Waals surface area (Å²) in [5.74, 6) is 6.37. The quantitative estimate of drug-likeness (QED) is 0.699. The molecule has 0 aromatic rings. The van der Waals surface area contributed by atoms with Gasteiger partial charge in [0, 0.05) is 39.3 Å². The molecular formula is C15H25N3O. The zero-order chi connectivity index (χ0) is 13.7. The van der Waals surface area contributed by atoms with Crippen LogP contribution in [0.25, 0.3) is 0 Å². The first-order valence-corrected chi connectivity index (χ1v) is 7.37. The number of amides is 1. The molecule has 0 aliphatic carbocycles. The lowest BCUT2D eigenvalue weighted by atomic mass is 10.2. The molecule has 0 bridgehead atoms. The van der Waals surface area contributed by atoms with E-state index in [0.29, 0.717) is 5.91 Å². The van der Waals surface area contributed by atoms with Gasteiger partial charge in [0.15, 0.2) is 0 Å². The van der Waals surface area contributed by atoms with Crippen molar-refractivity contribution in [3.63, 3.8) is 0 Å². The molecule has 2 heterocycles. The first-order chi connectivity index (χ1) is 9.22. The highest BCUT2D eigenvalue weighted by Crippen LogP contribution is 2.13. The molecule has 0 aromatic carbocycles. The van der Waals surface area contributed by atoms with Gasteiger partial charge in [0.1, 0.15) is 0 Å². The van der Waals surface area contributed by atoms with Crippen molar-refractivity contribution in [2.75, 3.05) is 45.8 Å². The fourth-order valence-corrected chi connectivity index (χ4v) is 2.86. The Hall–Kier alpha value is -1.05. The van der Waals surface area contributed by atoms with Crippen LogP contribution >= 0.6 is 0 Å². The van der Waals surface area contributed by atoms with E-state index in [-0.39, 0.29) is 6.04 Å². The van der Waals surface area contributed by atoms with E-state index in [2.05, 4.69) is 28.6 Å². The Balaban J connectivity index is 1.79. The molecule has 106 valence electrons. The summed E-state index contributed by atoms with van der Waals surface area (Å²) in [5.41, 5.74) is 0. The third-order valence-corrected chi connectivity index (χ3v) is 4.21. The number of rotatable bonds is 3. The number of hydrogen-bond donors (Lipinski definition) is 0. The van der Waals surface area contributed by atoms with E-state index in [1.165, 1.54) is 12.8 Å². The van der Waals surface area contributed by atoms with Gasteiger partial charge >= 0.3 is 0 Å². The molecule has 4 heteroatoms. The summed E-state index contributed by atoms with van der Waals surface area (Å²) in [6.07, 6.45) is 2.34. The average molecular weight is 263 g/mol. The molecule has 0 unspecified atom stereocenters. The van der Waals surface area contributed by atoms with Crippen molar-refractivity contribution < 1.29 is 4.79 Å². The number of nitrogens with zero attached hydrogens (tertiary/aromatic N) is 3. The third kappa shape index (κ3) is 3.71. The molecule has 2 rings (SSSR count). The Kier molecular flexibility index (Phi) is 5.24. The molecule has 0 spiro atoms. The summed E-state index contributed by atoms with van der Waals surface area (Å²) in [4.78, 5) is 19.1. The third-order valence-electron chi connectivity index (χ3n) is 4.21. The summed E-state index contributed by atoms with van der Waals surface area (Å²) in [5, 5.41) is 0. The molecule has 1 atom stereocenters. The second-order valence-corrected chi connectivity index (χ2v) is 5.45. The van der Waals surface area contributed by atoms with Gasteiger partial charge in [-0.2, -0.15) is 0 Å². The minimum atomic E-state index is 0.0394. The second-order valence-electron chi connectivity index (χ2n) is 5.45. The summed E-state index contributed by atoms with van der Waals surface area (Å²) >= 11 is 0. The maximum Gasteiger partial charge on any atom is 0.239 e. The molecule has 0 saturated carbocycles. The topological polar surface area (TPSA) is 26.8 Å². The zero-order valence-electron chi connectivity index (χ0n) is 12.2. The van der Waals surface area contributed by atoms with E-state index in [9.17, 15) is 4.79 Å². The highest BCUT2D eigenvalue weighted by atomic mass is 16.2. The lowest BCUT2D eigenvalue weighted by Crippen LogP contribution is -2.54. The Morgan fingerprint density at radius 3 is 2.32 bits per heavy atom. The standard InChI is InChI=1S/C15H25N3O/c1-3-4-7-16-10-12-17(13-11-16)14(2)15(19)18-8-5-6-9-18/h14H,5-13H2,1-2H3/t14-/m1/s1. The number of piperazine rings is 1. The van der Waals surface area contributed by atoms with Crippen molar-refractivity contribution in [1.82, 2.24) is 14.7 Å². The van der Waals surface area contributed by atoms with Crippen molar-refractivity contribution in [2.45, 2.75) is 32.7 Å². The lowest BCUT2D eigenvalue weighted by molar-refractivity contribution is -0.136. The summed E-state index contributed by atoms with van der Waals surface area (Å²) in [6.45, 7) is 10.7. The van der Waals surface area contributed by atoms with Gasteiger partial charge < -0.3 is 4.90 Å². The number of carbonyl (C=O) groups excluding carboxylic acids is 1. The molecule has 4 nitrogen and oxygen atoms in total. The number of hydrogen-bond acceptors (Lipinski definition) is 3. The minimum absolute atomic E-state index is 0.0394. The molecule has 0 radical (unpaired) electrons. The van der Waals surface area contributed by atoms with Crippen LogP contribution in [0.4, 0.5) is 0 Å². The van der Waals surface area contributed by atoms with E-state index in [1.807, 2.05) is 11.8 Å². The van der Waals surface area contributed by atoms with Crippen LogP contribution in [0, 0.1) is 11.8 Å². The van der Waals surface area contributed by atoms with Crippen LogP contribution in [-0.4, -0.2) is 72.5 Å². The number of carbonyl (C=O) groups is 1. The van der Waals surface area contributed by atoms with Crippen LogP contribution in [0.1, 0.15) is 26.7 Å². The van der Waals surface area contributed by atoms with Crippen molar-refractivity contribution in [3.05, 3.63) is 0 Å². The van der Waals surface area contributed by atoms with Gasteiger partial charge in [-0.25, -0.2) is 0 Å². The minimum Gasteiger partial charge on any atom is -0.341 e. The van der Waals surface area contributed by atoms with Crippen LogP contribution in [0.5, 0.6) is 0 Å². The Labute approximate surface area is 116 Å². The predicted octanol–water partition coefficient (Wildman–Crippen LogP) is 0.638. The first kappa shape index (κ1) is 14.4. The normalized spacial score (nSPS) is 22.9. The van der Waals surface area contributed by atoms with E-state index >= 15 is 0 Å². The van der Waals surface area contributed by atoms with Gasteiger partial charge in [-0.3, -0.25) is 14.6 Å². The molecule has 0 aromatic heterocycles. The van der Waals surface area contributed by atoms with Gasteiger partial charge in [0.25, 0.3) is 0 Å². The van der Waals surface area contributed by atoms with Crippen molar-refractivity contribution in [2.24, 2.45) is 0 Å². The second kappa shape index (κ2) is 6.93. The van der Waals surface area contributed by atoms with Crippen molar-refractivity contribution in [1.29, 1.82) is 0 Å². The fraction of sp³-hybridized carbons (Fsp3) is 0.800. The van der Waals surface area contributed by atoms with Crippen molar-refractivity contribution >= 4 is 5.91 Å². The Morgan fingerprint density at radius 1 is 1.11 bits per heavy atom. The maximum absolute atomic E-state index is 12.3. The molecular weight excluding hydrogens is 238 g/mol. The van der Waals surface area contributed by atoms with Gasteiger partial charge in [-0.1, -0.05) is 5.92 Å².